The van der Waals surface area contributed by atoms with E-state index >= 15 is 0 Å². The SMILES string of the molecule is COc1ccc(CCNC(=O)C2Cc3cc(C(F)(F)F)ccc3N3CCN(c4ccccc4C#N)CC23)cc1. The van der Waals surface area contributed by atoms with Gasteiger partial charge in [-0.15, -0.1) is 0 Å². The summed E-state index contributed by atoms with van der Waals surface area (Å²) >= 11 is 0. The fourth-order valence-electron chi connectivity index (χ4n) is 5.62. The highest BCUT2D eigenvalue weighted by molar-refractivity contribution is 5.82. The van der Waals surface area contributed by atoms with Gasteiger partial charge < -0.3 is 19.9 Å². The van der Waals surface area contributed by atoms with Crippen molar-refractivity contribution in [1.29, 1.82) is 5.26 Å². The molecule has 3 aromatic carbocycles. The summed E-state index contributed by atoms with van der Waals surface area (Å²) in [5, 5.41) is 12.6. The average Bonchev–Trinajstić information content (AvgIpc) is 2.95. The van der Waals surface area contributed by atoms with Crippen LogP contribution in [0, 0.1) is 17.2 Å². The van der Waals surface area contributed by atoms with Crippen molar-refractivity contribution in [2.24, 2.45) is 5.92 Å². The van der Waals surface area contributed by atoms with Crippen LogP contribution in [-0.4, -0.2) is 45.2 Å². The van der Waals surface area contributed by atoms with Crippen molar-refractivity contribution in [3.05, 3.63) is 89.0 Å². The van der Waals surface area contributed by atoms with Crippen LogP contribution in [0.2, 0.25) is 0 Å². The first-order valence-corrected chi connectivity index (χ1v) is 12.9. The molecule has 39 heavy (non-hydrogen) atoms. The highest BCUT2D eigenvalue weighted by Gasteiger charge is 2.43. The Labute approximate surface area is 225 Å². The summed E-state index contributed by atoms with van der Waals surface area (Å²) in [5.74, 6) is 0.0210. The van der Waals surface area contributed by atoms with Gasteiger partial charge in [0.2, 0.25) is 5.91 Å². The van der Waals surface area contributed by atoms with Gasteiger partial charge in [0.05, 0.1) is 35.9 Å². The quantitative estimate of drug-likeness (QED) is 0.492. The van der Waals surface area contributed by atoms with Gasteiger partial charge in [-0.25, -0.2) is 0 Å². The largest absolute Gasteiger partial charge is 0.497 e. The van der Waals surface area contributed by atoms with Gasteiger partial charge in [-0.05, 0) is 66.4 Å². The van der Waals surface area contributed by atoms with Gasteiger partial charge >= 0.3 is 6.18 Å². The minimum Gasteiger partial charge on any atom is -0.497 e. The van der Waals surface area contributed by atoms with Crippen LogP contribution in [0.3, 0.4) is 0 Å². The molecule has 0 radical (unpaired) electrons. The molecule has 2 unspecified atom stereocenters. The number of amides is 1. The molecular formula is C30H29F3N4O2. The molecule has 2 heterocycles. The normalized spacial score (nSPS) is 18.5. The zero-order chi connectivity index (χ0) is 27.6. The molecule has 0 aliphatic carbocycles. The van der Waals surface area contributed by atoms with E-state index in [1.807, 2.05) is 42.5 Å². The molecule has 0 spiro atoms. The number of para-hydroxylation sites is 1. The van der Waals surface area contributed by atoms with Gasteiger partial charge in [0, 0.05) is 31.9 Å². The average molecular weight is 535 g/mol. The molecule has 1 amide bonds. The number of carbonyl (C=O) groups excluding carboxylic acids is 1. The van der Waals surface area contributed by atoms with Gasteiger partial charge in [0.15, 0.2) is 0 Å². The summed E-state index contributed by atoms with van der Waals surface area (Å²) in [5.41, 5.74) is 2.96. The zero-order valence-corrected chi connectivity index (χ0v) is 21.5. The third kappa shape index (κ3) is 5.51. The van der Waals surface area contributed by atoms with Crippen molar-refractivity contribution in [1.82, 2.24) is 5.32 Å². The number of piperazine rings is 1. The van der Waals surface area contributed by atoms with Crippen molar-refractivity contribution in [3.63, 3.8) is 0 Å². The van der Waals surface area contributed by atoms with E-state index in [-0.39, 0.29) is 18.4 Å². The van der Waals surface area contributed by atoms with Gasteiger partial charge in [-0.2, -0.15) is 18.4 Å². The second-order valence-electron chi connectivity index (χ2n) is 9.88. The van der Waals surface area contributed by atoms with Crippen molar-refractivity contribution >= 4 is 17.3 Å². The van der Waals surface area contributed by atoms with E-state index in [9.17, 15) is 23.2 Å². The topological polar surface area (TPSA) is 68.6 Å². The Bertz CT molecular complexity index is 1380. The van der Waals surface area contributed by atoms with E-state index in [0.29, 0.717) is 43.7 Å². The fourth-order valence-corrected chi connectivity index (χ4v) is 5.62. The lowest BCUT2D eigenvalue weighted by molar-refractivity contribution is -0.137. The molecule has 6 nitrogen and oxygen atoms in total. The molecule has 2 atom stereocenters. The first-order valence-electron chi connectivity index (χ1n) is 12.9. The number of nitriles is 1. The Morgan fingerprint density at radius 1 is 1.08 bits per heavy atom. The third-order valence-corrected chi connectivity index (χ3v) is 7.61. The van der Waals surface area contributed by atoms with E-state index in [1.54, 1.807) is 13.2 Å². The number of ether oxygens (including phenoxy) is 1. The van der Waals surface area contributed by atoms with E-state index in [2.05, 4.69) is 21.2 Å². The molecule has 0 saturated carbocycles. The molecule has 1 N–H and O–H groups in total. The standard InChI is InChI=1S/C30H29F3N4O2/c1-39-24-9-6-20(7-10-24)12-13-35-29(38)25-17-22-16-23(30(31,32)33)8-11-27(22)37-15-14-36(19-28(25)37)26-5-3-2-4-21(26)18-34/h2-11,16,25,28H,12-15,17,19H2,1H3,(H,35,38). The zero-order valence-electron chi connectivity index (χ0n) is 21.5. The van der Waals surface area contributed by atoms with Crippen LogP contribution in [0.5, 0.6) is 5.75 Å². The predicted octanol–water partition coefficient (Wildman–Crippen LogP) is 4.81. The van der Waals surface area contributed by atoms with Crippen LogP contribution in [-0.2, 0) is 23.8 Å². The number of carbonyl (C=O) groups is 1. The molecule has 1 saturated heterocycles. The second kappa shape index (κ2) is 10.9. The monoisotopic (exact) mass is 534 g/mol. The Morgan fingerprint density at radius 2 is 1.85 bits per heavy atom. The Balaban J connectivity index is 1.39. The summed E-state index contributed by atoms with van der Waals surface area (Å²) in [6, 6.07) is 20.8. The van der Waals surface area contributed by atoms with Crippen LogP contribution in [0.15, 0.2) is 66.7 Å². The van der Waals surface area contributed by atoms with Crippen molar-refractivity contribution in [2.75, 3.05) is 43.1 Å². The maximum atomic E-state index is 13.6. The van der Waals surface area contributed by atoms with E-state index in [0.717, 1.165) is 28.8 Å². The molecular weight excluding hydrogens is 505 g/mol. The van der Waals surface area contributed by atoms with Crippen LogP contribution in [0.4, 0.5) is 24.5 Å². The molecule has 2 aliphatic heterocycles. The first kappa shape index (κ1) is 26.4. The van der Waals surface area contributed by atoms with E-state index in [4.69, 9.17) is 4.74 Å². The third-order valence-electron chi connectivity index (χ3n) is 7.61. The van der Waals surface area contributed by atoms with E-state index < -0.39 is 17.7 Å². The van der Waals surface area contributed by atoms with Crippen LogP contribution in [0.1, 0.15) is 22.3 Å². The molecule has 0 aromatic heterocycles. The summed E-state index contributed by atoms with van der Waals surface area (Å²) in [6.07, 6.45) is -3.63. The van der Waals surface area contributed by atoms with Crippen molar-refractivity contribution in [2.45, 2.75) is 25.1 Å². The number of nitrogens with zero attached hydrogens (tertiary/aromatic N) is 3. The lowest BCUT2D eigenvalue weighted by Crippen LogP contribution is -2.61. The lowest BCUT2D eigenvalue weighted by Gasteiger charge is -2.49. The summed E-state index contributed by atoms with van der Waals surface area (Å²) in [4.78, 5) is 17.7. The Morgan fingerprint density at radius 3 is 2.56 bits per heavy atom. The van der Waals surface area contributed by atoms with Crippen molar-refractivity contribution in [3.8, 4) is 11.8 Å². The number of benzene rings is 3. The van der Waals surface area contributed by atoms with Gasteiger partial charge in [0.1, 0.15) is 11.8 Å². The number of methoxy groups -OCH3 is 1. The minimum absolute atomic E-state index is 0.183. The van der Waals surface area contributed by atoms with Crippen LogP contribution in [0.25, 0.3) is 0 Å². The molecule has 5 rings (SSSR count). The maximum Gasteiger partial charge on any atom is 0.416 e. The second-order valence-corrected chi connectivity index (χ2v) is 9.88. The maximum absolute atomic E-state index is 13.6. The first-order chi connectivity index (χ1) is 18.8. The van der Waals surface area contributed by atoms with Crippen LogP contribution >= 0.6 is 0 Å². The highest BCUT2D eigenvalue weighted by Crippen LogP contribution is 2.40. The summed E-state index contributed by atoms with van der Waals surface area (Å²) in [7, 11) is 1.60. The number of alkyl halides is 3. The smallest absolute Gasteiger partial charge is 0.416 e. The lowest BCUT2D eigenvalue weighted by atomic mass is 9.82. The molecule has 2 aliphatic rings. The molecule has 202 valence electrons. The van der Waals surface area contributed by atoms with Crippen LogP contribution < -0.4 is 19.9 Å². The molecule has 0 bridgehead atoms. The number of hydrogen-bond donors (Lipinski definition) is 1. The van der Waals surface area contributed by atoms with Gasteiger partial charge in [0.25, 0.3) is 0 Å². The summed E-state index contributed by atoms with van der Waals surface area (Å²) < 4.78 is 45.7. The number of rotatable bonds is 6. The van der Waals surface area contributed by atoms with E-state index in [1.165, 1.54) is 12.1 Å². The number of hydrogen-bond acceptors (Lipinski definition) is 5. The minimum atomic E-state index is -4.46. The molecule has 3 aromatic rings. The molecule has 1 fully saturated rings. The highest BCUT2D eigenvalue weighted by atomic mass is 19.4. The number of halogens is 3. The fraction of sp³-hybridized carbons (Fsp3) is 0.333. The van der Waals surface area contributed by atoms with Crippen molar-refractivity contribution < 1.29 is 22.7 Å². The molecule has 9 heteroatoms. The Hall–Kier alpha value is -4.19. The Kier molecular flexibility index (Phi) is 7.38. The van der Waals surface area contributed by atoms with Gasteiger partial charge in [-0.1, -0.05) is 24.3 Å². The number of anilines is 2. The summed E-state index contributed by atoms with van der Waals surface area (Å²) in [6.45, 7) is 2.00. The number of fused-ring (bicyclic) bond motifs is 3. The van der Waals surface area contributed by atoms with Gasteiger partial charge in [-0.3, -0.25) is 4.79 Å². The predicted molar refractivity (Wildman–Crippen MR) is 143 cm³/mol. The number of nitrogens with one attached hydrogen (secondary N) is 1.